The number of fused-ring (bicyclic) bond motifs is 2. The number of esters is 1. The fourth-order valence-electron chi connectivity index (χ4n) is 3.12. The first-order valence-electron chi connectivity index (χ1n) is 8.92. The highest BCUT2D eigenvalue weighted by atomic mass is 32.2. The molecule has 0 saturated carbocycles. The number of unbranched alkanes of at least 4 members (excludes halogenated alkanes) is 4. The molecule has 2 aliphatic heterocycles. The van der Waals surface area contributed by atoms with Crippen molar-refractivity contribution in [2.24, 2.45) is 0 Å². The van der Waals surface area contributed by atoms with Gasteiger partial charge in [0.05, 0.1) is 5.56 Å². The van der Waals surface area contributed by atoms with Gasteiger partial charge in [-0.05, 0) is 24.6 Å². The third-order valence-corrected chi connectivity index (χ3v) is 5.54. The van der Waals surface area contributed by atoms with Crippen molar-refractivity contribution in [1.29, 1.82) is 0 Å². The lowest BCUT2D eigenvalue weighted by Crippen LogP contribution is -2.43. The molecule has 0 aromatic heterocycles. The third-order valence-electron chi connectivity index (χ3n) is 4.61. The molecule has 7 heteroatoms. The van der Waals surface area contributed by atoms with Crippen molar-refractivity contribution in [3.8, 4) is 5.75 Å². The molecule has 26 heavy (non-hydrogen) atoms. The van der Waals surface area contributed by atoms with Gasteiger partial charge in [-0.25, -0.2) is 4.79 Å². The number of imide groups is 1. The minimum Gasteiger partial charge on any atom is -0.424 e. The second-order valence-electron chi connectivity index (χ2n) is 6.49. The number of carbonyl (C=O) groups excluding carboxylic acids is 4. The number of nitrogens with zero attached hydrogens (tertiary/aromatic N) is 1. The maximum atomic E-state index is 12.7. The Morgan fingerprint density at radius 3 is 2.73 bits per heavy atom. The van der Waals surface area contributed by atoms with E-state index in [1.54, 1.807) is 6.07 Å². The van der Waals surface area contributed by atoms with Crippen LogP contribution in [0.2, 0.25) is 0 Å². The highest BCUT2D eigenvalue weighted by Gasteiger charge is 2.45. The fourth-order valence-corrected chi connectivity index (χ4v) is 4.05. The van der Waals surface area contributed by atoms with Gasteiger partial charge in [-0.15, -0.1) is 0 Å². The van der Waals surface area contributed by atoms with Crippen molar-refractivity contribution < 1.29 is 23.9 Å². The van der Waals surface area contributed by atoms with Crippen LogP contribution >= 0.6 is 11.8 Å². The normalized spacial score (nSPS) is 19.0. The molecule has 0 aliphatic carbocycles. The van der Waals surface area contributed by atoms with Crippen molar-refractivity contribution in [2.75, 3.05) is 5.75 Å². The van der Waals surface area contributed by atoms with Crippen LogP contribution < -0.4 is 4.74 Å². The Labute approximate surface area is 156 Å². The molecule has 1 fully saturated rings. The number of ketones is 1. The molecule has 1 aromatic rings. The van der Waals surface area contributed by atoms with Gasteiger partial charge in [0.1, 0.15) is 11.8 Å². The van der Waals surface area contributed by atoms with Gasteiger partial charge >= 0.3 is 5.97 Å². The van der Waals surface area contributed by atoms with Crippen molar-refractivity contribution >= 4 is 34.7 Å². The summed E-state index contributed by atoms with van der Waals surface area (Å²) in [5.74, 6) is -0.951. The molecule has 0 bridgehead atoms. The van der Waals surface area contributed by atoms with Gasteiger partial charge in [0.15, 0.2) is 5.78 Å². The summed E-state index contributed by atoms with van der Waals surface area (Å²) in [6, 6.07) is 3.58. The number of benzene rings is 1. The van der Waals surface area contributed by atoms with E-state index in [2.05, 4.69) is 6.92 Å². The second kappa shape index (κ2) is 8.03. The molecular weight excluding hydrogens is 354 g/mol. The van der Waals surface area contributed by atoms with Crippen LogP contribution in [0, 0.1) is 0 Å². The zero-order valence-electron chi connectivity index (χ0n) is 14.7. The van der Waals surface area contributed by atoms with Gasteiger partial charge < -0.3 is 4.74 Å². The topological polar surface area (TPSA) is 80.8 Å². The number of hydrogen-bond donors (Lipinski definition) is 0. The van der Waals surface area contributed by atoms with Gasteiger partial charge in [-0.3, -0.25) is 19.3 Å². The summed E-state index contributed by atoms with van der Waals surface area (Å²) in [5.41, 5.74) is 0.495. The number of thioether (sulfide) groups is 1. The first-order chi connectivity index (χ1) is 12.5. The number of rotatable bonds is 7. The summed E-state index contributed by atoms with van der Waals surface area (Å²) in [7, 11) is 0. The molecule has 2 heterocycles. The average molecular weight is 375 g/mol. The largest absolute Gasteiger partial charge is 0.424 e. The Morgan fingerprint density at radius 2 is 1.96 bits per heavy atom. The standard InChI is InChI=1S/C19H21NO5S/c1-2-3-4-5-6-7-15(21)12-8-9-16-13(10-12)17(22)20-14(18(23)25-16)11-26-19(20)24/h8-10,14H,2-7,11H2,1H3. The van der Waals surface area contributed by atoms with Crippen LogP contribution in [0.15, 0.2) is 18.2 Å². The van der Waals surface area contributed by atoms with E-state index in [-0.39, 0.29) is 22.8 Å². The van der Waals surface area contributed by atoms with Gasteiger partial charge in [-0.1, -0.05) is 44.4 Å². The highest BCUT2D eigenvalue weighted by Crippen LogP contribution is 2.33. The zero-order valence-corrected chi connectivity index (χ0v) is 15.5. The third kappa shape index (κ3) is 3.67. The first kappa shape index (κ1) is 18.6. The summed E-state index contributed by atoms with van der Waals surface area (Å²) in [6.07, 6.45) is 5.64. The summed E-state index contributed by atoms with van der Waals surface area (Å²) in [4.78, 5) is 50.2. The molecular formula is C19H21NO5S. The van der Waals surface area contributed by atoms with Crippen LogP contribution in [0.4, 0.5) is 4.79 Å². The predicted molar refractivity (Wildman–Crippen MR) is 97.6 cm³/mol. The lowest BCUT2D eigenvalue weighted by molar-refractivity contribution is -0.137. The number of ether oxygens (including phenoxy) is 1. The monoisotopic (exact) mass is 375 g/mol. The predicted octanol–water partition coefficient (Wildman–Crippen LogP) is 3.83. The van der Waals surface area contributed by atoms with Crippen LogP contribution in [0.25, 0.3) is 0 Å². The Kier molecular flexibility index (Phi) is 5.76. The van der Waals surface area contributed by atoms with Crippen LogP contribution in [0.5, 0.6) is 5.75 Å². The summed E-state index contributed by atoms with van der Waals surface area (Å²) in [5, 5.41) is -0.461. The first-order valence-corrected chi connectivity index (χ1v) is 9.90. The molecule has 6 nitrogen and oxygen atoms in total. The van der Waals surface area contributed by atoms with E-state index < -0.39 is 23.2 Å². The molecule has 0 N–H and O–H groups in total. The molecule has 1 aromatic carbocycles. The van der Waals surface area contributed by atoms with E-state index in [9.17, 15) is 19.2 Å². The minimum absolute atomic E-state index is 0.0497. The molecule has 1 unspecified atom stereocenters. The van der Waals surface area contributed by atoms with Crippen molar-refractivity contribution in [2.45, 2.75) is 51.5 Å². The van der Waals surface area contributed by atoms with Crippen molar-refractivity contribution in [1.82, 2.24) is 4.90 Å². The highest BCUT2D eigenvalue weighted by molar-refractivity contribution is 8.14. The molecule has 0 spiro atoms. The van der Waals surface area contributed by atoms with Crippen LogP contribution in [0.1, 0.15) is 66.2 Å². The van der Waals surface area contributed by atoms with E-state index in [1.807, 2.05) is 0 Å². The van der Waals surface area contributed by atoms with Crippen LogP contribution in [0.3, 0.4) is 0 Å². The van der Waals surface area contributed by atoms with Crippen molar-refractivity contribution in [3.63, 3.8) is 0 Å². The smallest absolute Gasteiger partial charge is 0.335 e. The van der Waals surface area contributed by atoms with Crippen LogP contribution in [-0.2, 0) is 4.79 Å². The van der Waals surface area contributed by atoms with E-state index in [0.717, 1.165) is 48.8 Å². The quantitative estimate of drug-likeness (QED) is 0.312. The van der Waals surface area contributed by atoms with Gasteiger partial charge in [0.2, 0.25) is 0 Å². The van der Waals surface area contributed by atoms with E-state index in [4.69, 9.17) is 4.74 Å². The second-order valence-corrected chi connectivity index (χ2v) is 7.46. The Balaban J connectivity index is 1.77. The van der Waals surface area contributed by atoms with E-state index in [0.29, 0.717) is 12.0 Å². The van der Waals surface area contributed by atoms with Gasteiger partial charge in [0, 0.05) is 17.7 Å². The van der Waals surface area contributed by atoms with E-state index >= 15 is 0 Å². The Bertz CT molecular complexity index is 760. The van der Waals surface area contributed by atoms with Crippen LogP contribution in [-0.4, -0.2) is 39.6 Å². The molecule has 2 amide bonds. The number of hydrogen-bond acceptors (Lipinski definition) is 6. The lowest BCUT2D eigenvalue weighted by atomic mass is 10.0. The molecule has 1 atom stereocenters. The molecule has 0 radical (unpaired) electrons. The average Bonchev–Trinajstić information content (AvgIpc) is 2.98. The Hall–Kier alpha value is -2.15. The molecule has 1 saturated heterocycles. The fraction of sp³-hybridized carbons (Fsp3) is 0.474. The maximum absolute atomic E-state index is 12.7. The minimum atomic E-state index is -0.898. The Morgan fingerprint density at radius 1 is 1.19 bits per heavy atom. The number of carbonyl (C=O) groups is 4. The molecule has 2 aliphatic rings. The number of amides is 2. The van der Waals surface area contributed by atoms with Gasteiger partial charge in [0.25, 0.3) is 11.1 Å². The summed E-state index contributed by atoms with van der Waals surface area (Å²) in [6.45, 7) is 2.14. The van der Waals surface area contributed by atoms with E-state index in [1.165, 1.54) is 12.1 Å². The molecule has 3 rings (SSSR count). The maximum Gasteiger partial charge on any atom is 0.335 e. The number of Topliss-reactive ketones (excluding diaryl/α,β-unsaturated/α-hetero) is 1. The van der Waals surface area contributed by atoms with Gasteiger partial charge in [-0.2, -0.15) is 0 Å². The zero-order chi connectivity index (χ0) is 18.7. The summed E-state index contributed by atoms with van der Waals surface area (Å²) < 4.78 is 5.27. The summed E-state index contributed by atoms with van der Waals surface area (Å²) >= 11 is 0.920. The van der Waals surface area contributed by atoms with Crippen molar-refractivity contribution in [3.05, 3.63) is 29.3 Å². The lowest BCUT2D eigenvalue weighted by Gasteiger charge is -2.15. The molecule has 138 valence electrons. The SMILES string of the molecule is CCCCCCCC(=O)c1ccc2c(c1)C(=O)N1C(=O)SCC1C(=O)O2.